The van der Waals surface area contributed by atoms with Gasteiger partial charge in [0.1, 0.15) is 0 Å². The maximum Gasteiger partial charge on any atom is 0.233 e. The molecule has 3 heteroatoms. The lowest BCUT2D eigenvalue weighted by molar-refractivity contribution is -0.113. The molecule has 86 valence electrons. The SMILES string of the molecule is C#CC1(CCCCC[C@H](C)O)OCCO1. The molecule has 0 aromatic heterocycles. The Morgan fingerprint density at radius 3 is 2.53 bits per heavy atom. The monoisotopic (exact) mass is 212 g/mol. The molecule has 0 aliphatic carbocycles. The molecule has 0 bridgehead atoms. The van der Waals surface area contributed by atoms with E-state index in [1.54, 1.807) is 0 Å². The first-order valence-electron chi connectivity index (χ1n) is 5.62. The third-order valence-electron chi connectivity index (χ3n) is 2.60. The molecule has 0 aromatic rings. The Hall–Kier alpha value is -0.560. The van der Waals surface area contributed by atoms with E-state index in [0.717, 1.165) is 32.1 Å². The van der Waals surface area contributed by atoms with Gasteiger partial charge in [0.05, 0.1) is 19.3 Å². The van der Waals surface area contributed by atoms with Gasteiger partial charge in [-0.05, 0) is 25.7 Å². The fraction of sp³-hybridized carbons (Fsp3) is 0.833. The van der Waals surface area contributed by atoms with Crippen molar-refractivity contribution in [1.29, 1.82) is 0 Å². The Kier molecular flexibility index (Phi) is 5.10. The van der Waals surface area contributed by atoms with E-state index in [1.165, 1.54) is 0 Å². The second kappa shape index (κ2) is 6.12. The lowest BCUT2D eigenvalue weighted by Crippen LogP contribution is -2.27. The summed E-state index contributed by atoms with van der Waals surface area (Å²) in [4.78, 5) is 0. The summed E-state index contributed by atoms with van der Waals surface area (Å²) in [6, 6.07) is 0. The Morgan fingerprint density at radius 2 is 2.00 bits per heavy atom. The fourth-order valence-corrected chi connectivity index (χ4v) is 1.73. The van der Waals surface area contributed by atoms with Crippen LogP contribution >= 0.6 is 0 Å². The van der Waals surface area contributed by atoms with Crippen molar-refractivity contribution in [3.05, 3.63) is 0 Å². The second-order valence-electron chi connectivity index (χ2n) is 4.04. The quantitative estimate of drug-likeness (QED) is 0.538. The van der Waals surface area contributed by atoms with Gasteiger partial charge in [0, 0.05) is 6.42 Å². The van der Waals surface area contributed by atoms with Gasteiger partial charge >= 0.3 is 0 Å². The molecule has 0 spiro atoms. The summed E-state index contributed by atoms with van der Waals surface area (Å²) < 4.78 is 10.8. The Balaban J connectivity index is 2.11. The first kappa shape index (κ1) is 12.5. The first-order chi connectivity index (χ1) is 7.18. The molecule has 1 aliphatic rings. The van der Waals surface area contributed by atoms with Crippen LogP contribution in [0.5, 0.6) is 0 Å². The van der Waals surface area contributed by atoms with Crippen molar-refractivity contribution >= 4 is 0 Å². The highest BCUT2D eigenvalue weighted by Gasteiger charge is 2.33. The molecule has 0 saturated carbocycles. The molecule has 1 saturated heterocycles. The van der Waals surface area contributed by atoms with Crippen molar-refractivity contribution in [2.24, 2.45) is 0 Å². The molecule has 15 heavy (non-hydrogen) atoms. The maximum atomic E-state index is 9.08. The highest BCUT2D eigenvalue weighted by Crippen LogP contribution is 2.25. The summed E-state index contributed by atoms with van der Waals surface area (Å²) in [5.41, 5.74) is 0. The molecule has 0 radical (unpaired) electrons. The molecule has 3 nitrogen and oxygen atoms in total. The number of terminal acetylenes is 1. The van der Waals surface area contributed by atoms with E-state index in [4.69, 9.17) is 21.0 Å². The molecule has 1 heterocycles. The zero-order valence-electron chi connectivity index (χ0n) is 9.37. The number of rotatable bonds is 6. The average molecular weight is 212 g/mol. The molecule has 1 N–H and O–H groups in total. The summed E-state index contributed by atoms with van der Waals surface area (Å²) in [5.74, 6) is 1.82. The third kappa shape index (κ3) is 4.21. The van der Waals surface area contributed by atoms with E-state index in [1.807, 2.05) is 6.92 Å². The van der Waals surface area contributed by atoms with Crippen molar-refractivity contribution in [2.45, 2.75) is 50.9 Å². The standard InChI is InChI=1S/C12H20O3/c1-3-12(14-9-10-15-12)8-6-4-5-7-11(2)13/h1,11,13H,4-10H2,2H3/t11-/m0/s1. The molecule has 0 amide bonds. The minimum absolute atomic E-state index is 0.203. The Labute approximate surface area is 91.8 Å². The Morgan fingerprint density at radius 1 is 1.33 bits per heavy atom. The van der Waals surface area contributed by atoms with Gasteiger partial charge in [0.15, 0.2) is 0 Å². The van der Waals surface area contributed by atoms with Crippen LogP contribution in [-0.2, 0) is 9.47 Å². The second-order valence-corrected chi connectivity index (χ2v) is 4.04. The van der Waals surface area contributed by atoms with Gasteiger partial charge in [-0.15, -0.1) is 6.42 Å². The average Bonchev–Trinajstić information content (AvgIpc) is 2.66. The van der Waals surface area contributed by atoms with Crippen LogP contribution in [0.2, 0.25) is 0 Å². The van der Waals surface area contributed by atoms with Crippen LogP contribution in [0.15, 0.2) is 0 Å². The van der Waals surface area contributed by atoms with Gasteiger partial charge in [-0.25, -0.2) is 0 Å². The van der Waals surface area contributed by atoms with E-state index in [2.05, 4.69) is 5.92 Å². The van der Waals surface area contributed by atoms with Gasteiger partial charge in [0.2, 0.25) is 5.79 Å². The van der Waals surface area contributed by atoms with Crippen molar-refractivity contribution in [3.63, 3.8) is 0 Å². The van der Waals surface area contributed by atoms with Gasteiger partial charge in [-0.1, -0.05) is 12.8 Å². The number of aliphatic hydroxyl groups is 1. The molecule has 0 unspecified atom stereocenters. The van der Waals surface area contributed by atoms with E-state index < -0.39 is 5.79 Å². The fourth-order valence-electron chi connectivity index (χ4n) is 1.73. The van der Waals surface area contributed by atoms with Crippen LogP contribution in [0, 0.1) is 12.3 Å². The smallest absolute Gasteiger partial charge is 0.233 e. The third-order valence-corrected chi connectivity index (χ3v) is 2.60. The predicted molar refractivity (Wildman–Crippen MR) is 58.2 cm³/mol. The Bertz CT molecular complexity index is 211. The van der Waals surface area contributed by atoms with E-state index in [-0.39, 0.29) is 6.10 Å². The van der Waals surface area contributed by atoms with Gasteiger partial charge < -0.3 is 14.6 Å². The van der Waals surface area contributed by atoms with Crippen LogP contribution in [0.4, 0.5) is 0 Å². The minimum atomic E-state index is -0.759. The molecular formula is C12H20O3. The van der Waals surface area contributed by atoms with Crippen LogP contribution in [-0.4, -0.2) is 30.2 Å². The number of hydrogen-bond acceptors (Lipinski definition) is 3. The summed E-state index contributed by atoms with van der Waals surface area (Å²) in [6.45, 7) is 3.00. The number of aliphatic hydroxyl groups excluding tert-OH is 1. The predicted octanol–water partition coefficient (Wildman–Crippen LogP) is 1.69. The molecule has 1 fully saturated rings. The molecular weight excluding hydrogens is 192 g/mol. The van der Waals surface area contributed by atoms with Crippen molar-refractivity contribution < 1.29 is 14.6 Å². The zero-order chi connectivity index (χ0) is 11.1. The van der Waals surface area contributed by atoms with Crippen molar-refractivity contribution in [2.75, 3.05) is 13.2 Å². The molecule has 1 atom stereocenters. The number of ether oxygens (including phenoxy) is 2. The lowest BCUT2D eigenvalue weighted by atomic mass is 10.1. The normalized spacial score (nSPS) is 21.1. The summed E-state index contributed by atoms with van der Waals surface area (Å²) in [7, 11) is 0. The minimum Gasteiger partial charge on any atom is -0.393 e. The van der Waals surface area contributed by atoms with Crippen LogP contribution in [0.3, 0.4) is 0 Å². The van der Waals surface area contributed by atoms with E-state index in [9.17, 15) is 0 Å². The van der Waals surface area contributed by atoms with Crippen molar-refractivity contribution in [1.82, 2.24) is 0 Å². The zero-order valence-corrected chi connectivity index (χ0v) is 9.37. The highest BCUT2D eigenvalue weighted by atomic mass is 16.7. The molecule has 1 rings (SSSR count). The lowest BCUT2D eigenvalue weighted by Gasteiger charge is -2.20. The molecule has 1 aliphatic heterocycles. The van der Waals surface area contributed by atoms with Crippen LogP contribution in [0.1, 0.15) is 39.0 Å². The first-order valence-corrected chi connectivity index (χ1v) is 5.62. The van der Waals surface area contributed by atoms with Gasteiger partial charge in [-0.2, -0.15) is 0 Å². The summed E-state index contributed by atoms with van der Waals surface area (Å²) in [5, 5.41) is 9.08. The van der Waals surface area contributed by atoms with Gasteiger partial charge in [0.25, 0.3) is 0 Å². The number of unbranched alkanes of at least 4 members (excludes halogenated alkanes) is 2. The van der Waals surface area contributed by atoms with Crippen LogP contribution in [0.25, 0.3) is 0 Å². The summed E-state index contributed by atoms with van der Waals surface area (Å²) in [6.07, 6.45) is 9.86. The topological polar surface area (TPSA) is 38.7 Å². The highest BCUT2D eigenvalue weighted by molar-refractivity contribution is 5.03. The van der Waals surface area contributed by atoms with Gasteiger partial charge in [-0.3, -0.25) is 0 Å². The van der Waals surface area contributed by atoms with Crippen LogP contribution < -0.4 is 0 Å². The number of hydrogen-bond donors (Lipinski definition) is 1. The molecule has 0 aromatic carbocycles. The van der Waals surface area contributed by atoms with E-state index in [0.29, 0.717) is 13.2 Å². The van der Waals surface area contributed by atoms with Crippen molar-refractivity contribution in [3.8, 4) is 12.3 Å². The maximum absolute atomic E-state index is 9.08. The largest absolute Gasteiger partial charge is 0.393 e. The summed E-state index contributed by atoms with van der Waals surface area (Å²) >= 11 is 0. The van der Waals surface area contributed by atoms with E-state index >= 15 is 0 Å².